The topological polar surface area (TPSA) is 29.5 Å². The summed E-state index contributed by atoms with van der Waals surface area (Å²) >= 11 is 0. The predicted molar refractivity (Wildman–Crippen MR) is 95.8 cm³/mol. The minimum atomic E-state index is -0.396. The number of hydrogen-bond donors (Lipinski definition) is 0. The molecule has 0 aliphatic heterocycles. The number of likely N-dealkylation sites (N-methyl/N-ethyl adjacent to an activating group) is 1. The number of ether oxygens (including phenoxy) is 1. The molecule has 0 fully saturated rings. The van der Waals surface area contributed by atoms with Crippen LogP contribution < -0.4 is 4.74 Å². The Morgan fingerprint density at radius 3 is 2.52 bits per heavy atom. The molecule has 1 unspecified atom stereocenters. The summed E-state index contributed by atoms with van der Waals surface area (Å²) in [6, 6.07) is 14.2. The van der Waals surface area contributed by atoms with Gasteiger partial charge in [0.1, 0.15) is 5.75 Å². The first kappa shape index (κ1) is 17.3. The molecule has 2 aromatic carbocycles. The van der Waals surface area contributed by atoms with Crippen LogP contribution in [-0.2, 0) is 4.79 Å². The van der Waals surface area contributed by atoms with Gasteiger partial charge in [0.15, 0.2) is 6.10 Å². The monoisotopic (exact) mass is 313 g/mol. The average molecular weight is 313 g/mol. The highest BCUT2D eigenvalue weighted by Crippen LogP contribution is 2.23. The van der Waals surface area contributed by atoms with E-state index >= 15 is 0 Å². The Balaban J connectivity index is 2.16. The lowest BCUT2D eigenvalue weighted by atomic mass is 10.1. The lowest BCUT2D eigenvalue weighted by Gasteiger charge is -2.24. The van der Waals surface area contributed by atoms with Crippen LogP contribution in [0.25, 0.3) is 10.8 Å². The zero-order valence-electron chi connectivity index (χ0n) is 14.4. The van der Waals surface area contributed by atoms with Gasteiger partial charge in [-0.25, -0.2) is 0 Å². The maximum atomic E-state index is 12.6. The minimum absolute atomic E-state index is 0.0773. The Morgan fingerprint density at radius 1 is 1.09 bits per heavy atom. The fraction of sp³-hybridized carbons (Fsp3) is 0.450. The summed E-state index contributed by atoms with van der Waals surface area (Å²) in [6.07, 6.45) is 3.37. The molecule has 0 bridgehead atoms. The molecule has 0 spiro atoms. The van der Waals surface area contributed by atoms with E-state index < -0.39 is 6.10 Å². The van der Waals surface area contributed by atoms with Gasteiger partial charge in [-0.15, -0.1) is 0 Å². The van der Waals surface area contributed by atoms with Crippen molar-refractivity contribution in [2.75, 3.05) is 13.6 Å². The summed E-state index contributed by atoms with van der Waals surface area (Å²) in [5.74, 6) is 0.844. The molecule has 124 valence electrons. The Kier molecular flexibility index (Phi) is 6.45. The van der Waals surface area contributed by atoms with Crippen LogP contribution >= 0.6 is 0 Å². The maximum absolute atomic E-state index is 12.6. The van der Waals surface area contributed by atoms with Crippen LogP contribution in [0.3, 0.4) is 0 Å². The molecule has 0 saturated carbocycles. The molecule has 0 aliphatic rings. The summed E-state index contributed by atoms with van der Waals surface area (Å²) in [6.45, 7) is 4.98. The van der Waals surface area contributed by atoms with Crippen molar-refractivity contribution >= 4 is 16.7 Å². The quantitative estimate of drug-likeness (QED) is 0.710. The SMILES string of the molecule is CCCCC(Oc1ccc2ccccc2c1)C(=O)N(C)CCC. The van der Waals surface area contributed by atoms with E-state index in [0.717, 1.165) is 43.4 Å². The first-order chi connectivity index (χ1) is 11.2. The fourth-order valence-corrected chi connectivity index (χ4v) is 2.72. The van der Waals surface area contributed by atoms with Crippen molar-refractivity contribution in [3.8, 4) is 5.75 Å². The summed E-state index contributed by atoms with van der Waals surface area (Å²) in [5, 5.41) is 2.31. The number of rotatable bonds is 8. The van der Waals surface area contributed by atoms with Crippen LogP contribution in [0.5, 0.6) is 5.75 Å². The maximum Gasteiger partial charge on any atom is 0.263 e. The number of amides is 1. The van der Waals surface area contributed by atoms with Crippen LogP contribution in [0.4, 0.5) is 0 Å². The fourth-order valence-electron chi connectivity index (χ4n) is 2.72. The average Bonchev–Trinajstić information content (AvgIpc) is 2.58. The zero-order valence-corrected chi connectivity index (χ0v) is 14.4. The van der Waals surface area contributed by atoms with Crippen molar-refractivity contribution in [2.24, 2.45) is 0 Å². The van der Waals surface area contributed by atoms with E-state index in [4.69, 9.17) is 4.74 Å². The summed E-state index contributed by atoms with van der Waals surface area (Å²) in [5.41, 5.74) is 0. The molecule has 0 aliphatic carbocycles. The van der Waals surface area contributed by atoms with E-state index in [1.807, 2.05) is 37.4 Å². The summed E-state index contributed by atoms with van der Waals surface area (Å²) < 4.78 is 6.06. The van der Waals surface area contributed by atoms with Crippen LogP contribution in [-0.4, -0.2) is 30.5 Å². The third-order valence-electron chi connectivity index (χ3n) is 4.03. The standard InChI is InChI=1S/C20H27NO2/c1-4-6-11-19(20(22)21(3)14-5-2)23-18-13-12-16-9-7-8-10-17(16)15-18/h7-10,12-13,15,19H,4-6,11,14H2,1-3H3. The number of fused-ring (bicyclic) bond motifs is 1. The van der Waals surface area contributed by atoms with Crippen molar-refractivity contribution < 1.29 is 9.53 Å². The van der Waals surface area contributed by atoms with E-state index in [0.29, 0.717) is 0 Å². The second-order valence-electron chi connectivity index (χ2n) is 6.02. The largest absolute Gasteiger partial charge is 0.481 e. The third-order valence-corrected chi connectivity index (χ3v) is 4.03. The molecule has 3 heteroatoms. The van der Waals surface area contributed by atoms with Crippen LogP contribution in [0.15, 0.2) is 42.5 Å². The second kappa shape index (κ2) is 8.56. The van der Waals surface area contributed by atoms with Crippen molar-refractivity contribution in [2.45, 2.75) is 45.6 Å². The molecule has 0 N–H and O–H groups in total. The van der Waals surface area contributed by atoms with E-state index in [1.165, 1.54) is 5.39 Å². The minimum Gasteiger partial charge on any atom is -0.481 e. The van der Waals surface area contributed by atoms with Crippen LogP contribution in [0.1, 0.15) is 39.5 Å². The van der Waals surface area contributed by atoms with Crippen molar-refractivity contribution in [3.63, 3.8) is 0 Å². The van der Waals surface area contributed by atoms with Gasteiger partial charge in [-0.3, -0.25) is 4.79 Å². The molecule has 1 atom stereocenters. The van der Waals surface area contributed by atoms with Gasteiger partial charge in [0.25, 0.3) is 5.91 Å². The van der Waals surface area contributed by atoms with Gasteiger partial charge >= 0.3 is 0 Å². The van der Waals surface area contributed by atoms with Crippen LogP contribution in [0, 0.1) is 0 Å². The van der Waals surface area contributed by atoms with Crippen molar-refractivity contribution in [3.05, 3.63) is 42.5 Å². The number of benzene rings is 2. The molecule has 1 amide bonds. The molecule has 23 heavy (non-hydrogen) atoms. The Morgan fingerprint density at radius 2 is 1.83 bits per heavy atom. The van der Waals surface area contributed by atoms with Gasteiger partial charge in [-0.05, 0) is 42.2 Å². The molecular formula is C20H27NO2. The lowest BCUT2D eigenvalue weighted by molar-refractivity contribution is -0.137. The van der Waals surface area contributed by atoms with Gasteiger partial charge in [0.05, 0.1) is 0 Å². The lowest BCUT2D eigenvalue weighted by Crippen LogP contribution is -2.40. The number of hydrogen-bond acceptors (Lipinski definition) is 2. The summed E-state index contributed by atoms with van der Waals surface area (Å²) in [7, 11) is 1.86. The van der Waals surface area contributed by atoms with E-state index in [-0.39, 0.29) is 5.91 Å². The highest BCUT2D eigenvalue weighted by molar-refractivity contribution is 5.84. The van der Waals surface area contributed by atoms with E-state index in [9.17, 15) is 4.79 Å². The smallest absolute Gasteiger partial charge is 0.263 e. The number of carbonyl (C=O) groups is 1. The van der Waals surface area contributed by atoms with Gasteiger partial charge in [-0.2, -0.15) is 0 Å². The van der Waals surface area contributed by atoms with E-state index in [2.05, 4.69) is 26.0 Å². The molecular weight excluding hydrogens is 286 g/mol. The van der Waals surface area contributed by atoms with Crippen molar-refractivity contribution in [1.82, 2.24) is 4.90 Å². The number of unbranched alkanes of at least 4 members (excludes halogenated alkanes) is 1. The van der Waals surface area contributed by atoms with Gasteiger partial charge in [-0.1, -0.05) is 50.6 Å². The molecule has 0 radical (unpaired) electrons. The van der Waals surface area contributed by atoms with Gasteiger partial charge in [0, 0.05) is 13.6 Å². The number of nitrogens with zero attached hydrogens (tertiary/aromatic N) is 1. The Hall–Kier alpha value is -2.03. The highest BCUT2D eigenvalue weighted by Gasteiger charge is 2.23. The molecule has 3 nitrogen and oxygen atoms in total. The van der Waals surface area contributed by atoms with Gasteiger partial charge < -0.3 is 9.64 Å². The first-order valence-electron chi connectivity index (χ1n) is 8.56. The Bertz CT molecular complexity index is 638. The van der Waals surface area contributed by atoms with Gasteiger partial charge in [0.2, 0.25) is 0 Å². The highest BCUT2D eigenvalue weighted by atomic mass is 16.5. The summed E-state index contributed by atoms with van der Waals surface area (Å²) in [4.78, 5) is 14.4. The predicted octanol–water partition coefficient (Wildman–Crippen LogP) is 4.65. The van der Waals surface area contributed by atoms with Crippen molar-refractivity contribution in [1.29, 1.82) is 0 Å². The molecule has 0 aromatic heterocycles. The first-order valence-corrected chi connectivity index (χ1v) is 8.56. The van der Waals surface area contributed by atoms with E-state index in [1.54, 1.807) is 4.90 Å². The second-order valence-corrected chi connectivity index (χ2v) is 6.02. The normalized spacial score (nSPS) is 12.1. The molecule has 0 saturated heterocycles. The Labute approximate surface area is 139 Å². The van der Waals surface area contributed by atoms with Crippen LogP contribution in [0.2, 0.25) is 0 Å². The number of carbonyl (C=O) groups excluding carboxylic acids is 1. The molecule has 2 aromatic rings. The molecule has 2 rings (SSSR count). The molecule has 0 heterocycles. The zero-order chi connectivity index (χ0) is 16.7. The third kappa shape index (κ3) is 4.72.